The van der Waals surface area contributed by atoms with Crippen molar-refractivity contribution in [2.24, 2.45) is 63.5 Å². The number of hydrogen-bond acceptors (Lipinski definition) is 13. The van der Waals surface area contributed by atoms with Crippen LogP contribution < -0.4 is 32.3 Å². The highest BCUT2D eigenvalue weighted by Gasteiger charge is 2.66. The Kier molecular flexibility index (Phi) is 28.9. The van der Waals surface area contributed by atoms with E-state index in [4.69, 9.17) is 35.8 Å². The number of aromatic nitrogens is 1. The van der Waals surface area contributed by atoms with Crippen LogP contribution >= 0.6 is 0 Å². The van der Waals surface area contributed by atoms with Crippen LogP contribution in [0.25, 0.3) is 23.1 Å². The van der Waals surface area contributed by atoms with Crippen LogP contribution in [0.3, 0.4) is 0 Å². The maximum Gasteiger partial charge on any atom is 0.343 e. The van der Waals surface area contributed by atoms with Gasteiger partial charge in [-0.2, -0.15) is 8.42 Å². The highest BCUT2D eigenvalue weighted by molar-refractivity contribution is 7.85. The van der Waals surface area contributed by atoms with E-state index in [0.717, 1.165) is 121 Å². The number of carbonyl (C=O) groups is 2. The molecule has 0 saturated heterocycles. The first-order chi connectivity index (χ1) is 43.4. The van der Waals surface area contributed by atoms with E-state index in [2.05, 4.69) is 53.0 Å². The molecule has 2 heterocycles. The molecule has 18 heteroatoms. The molecule has 17 nitrogen and oxygen atoms in total. The lowest BCUT2D eigenvalue weighted by atomic mass is 9.43. The summed E-state index contributed by atoms with van der Waals surface area (Å²) in [6.07, 6.45) is 29.4. The second-order valence-corrected chi connectivity index (χ2v) is 28.7. The first kappa shape index (κ1) is 72.9. The van der Waals surface area contributed by atoms with E-state index in [9.17, 15) is 27.4 Å². The SMILES string of the molecule is C=CCN(CC(=O)N(CCCCCCCC)CCC[C@@H](C)C1CC[C@H]2C3[C@H](OCCCN)CC4C[C@H](OCCCN)CCC4(C)[C@H]3C[C@H](OCCCN)C12C)C(=O)CCCCC[n+]1ccc(/C=C/c2cc3ccc(N(CC)CC)cc3oc2=O)c(S(=O)(=O)O)c1. The molecule has 0 aliphatic heterocycles. The lowest BCUT2D eigenvalue weighted by Crippen LogP contribution is -2.63. The van der Waals surface area contributed by atoms with Crippen LogP contribution in [0.1, 0.15) is 194 Å². The van der Waals surface area contributed by atoms with Crippen molar-refractivity contribution in [2.45, 2.75) is 213 Å². The third-order valence-electron chi connectivity index (χ3n) is 21.7. The Morgan fingerprint density at radius 3 is 2.19 bits per heavy atom. The molecule has 504 valence electrons. The van der Waals surface area contributed by atoms with Crippen molar-refractivity contribution in [3.63, 3.8) is 0 Å². The van der Waals surface area contributed by atoms with Gasteiger partial charge in [-0.3, -0.25) is 14.1 Å². The first-order valence-electron chi connectivity index (χ1n) is 35.0. The summed E-state index contributed by atoms with van der Waals surface area (Å²) in [5.74, 6) is 2.68. The first-order valence-corrected chi connectivity index (χ1v) is 36.5. The molecular formula is C72H116N7O10S+. The van der Waals surface area contributed by atoms with Gasteiger partial charge in [-0.25, -0.2) is 9.36 Å². The predicted molar refractivity (Wildman–Crippen MR) is 361 cm³/mol. The van der Waals surface area contributed by atoms with Crippen molar-refractivity contribution in [1.29, 1.82) is 0 Å². The monoisotopic (exact) mass is 1270 g/mol. The minimum Gasteiger partial charge on any atom is -0.422 e. The van der Waals surface area contributed by atoms with Gasteiger partial charge in [0.05, 0.1) is 23.9 Å². The van der Waals surface area contributed by atoms with Gasteiger partial charge < -0.3 is 50.5 Å². The predicted octanol–water partition coefficient (Wildman–Crippen LogP) is 11.6. The average Bonchev–Trinajstić information content (AvgIpc) is 1.32. The molecule has 7 N–H and O–H groups in total. The molecule has 2 aromatic heterocycles. The Hall–Kier alpha value is -4.53. The third-order valence-corrected chi connectivity index (χ3v) is 22.6. The van der Waals surface area contributed by atoms with Crippen molar-refractivity contribution in [2.75, 3.05) is 83.6 Å². The smallest absolute Gasteiger partial charge is 0.343 e. The van der Waals surface area contributed by atoms with Crippen molar-refractivity contribution < 1.29 is 45.8 Å². The van der Waals surface area contributed by atoms with E-state index in [-0.39, 0.29) is 76.5 Å². The summed E-state index contributed by atoms with van der Waals surface area (Å²) in [6, 6.07) is 9.00. The maximum absolute atomic E-state index is 14.5. The Bertz CT molecular complexity index is 2940. The van der Waals surface area contributed by atoms with Gasteiger partial charge in [-0.15, -0.1) is 6.58 Å². The summed E-state index contributed by atoms with van der Waals surface area (Å²) >= 11 is 0. The van der Waals surface area contributed by atoms with Gasteiger partial charge in [0.25, 0.3) is 0 Å². The number of ether oxygens (including phenoxy) is 3. The molecule has 4 saturated carbocycles. The van der Waals surface area contributed by atoms with E-state index >= 15 is 0 Å². The van der Waals surface area contributed by atoms with Crippen molar-refractivity contribution in [3.05, 3.63) is 76.9 Å². The number of carbonyl (C=O) groups excluding carboxylic acids is 2. The van der Waals surface area contributed by atoms with E-state index < -0.39 is 15.7 Å². The zero-order valence-electron chi connectivity index (χ0n) is 56.0. The summed E-state index contributed by atoms with van der Waals surface area (Å²) < 4.78 is 63.7. The summed E-state index contributed by atoms with van der Waals surface area (Å²) in [5.41, 5.74) is 19.5. The van der Waals surface area contributed by atoms with E-state index in [1.165, 1.54) is 44.0 Å². The van der Waals surface area contributed by atoms with Crippen molar-refractivity contribution in [1.82, 2.24) is 9.80 Å². The average molecular weight is 1270 g/mol. The molecule has 0 spiro atoms. The van der Waals surface area contributed by atoms with Crippen LogP contribution in [-0.4, -0.2) is 132 Å². The van der Waals surface area contributed by atoms with Gasteiger partial charge in [0.1, 0.15) is 18.7 Å². The van der Waals surface area contributed by atoms with Crippen LogP contribution in [0.2, 0.25) is 0 Å². The number of nitrogens with two attached hydrogens (primary N) is 3. The number of nitrogens with zero attached hydrogens (tertiary/aromatic N) is 4. The van der Waals surface area contributed by atoms with E-state index in [1.54, 1.807) is 33.9 Å². The maximum atomic E-state index is 14.5. The number of aryl methyl sites for hydroxylation is 1. The number of pyridine rings is 1. The van der Waals surface area contributed by atoms with Crippen molar-refractivity contribution in [3.8, 4) is 0 Å². The number of rotatable bonds is 40. The molecule has 0 bridgehead atoms. The van der Waals surface area contributed by atoms with Crippen LogP contribution in [0, 0.1) is 46.3 Å². The van der Waals surface area contributed by atoms with Crippen LogP contribution in [-0.2, 0) is 40.5 Å². The summed E-state index contributed by atoms with van der Waals surface area (Å²) in [6.45, 7) is 25.5. The second kappa shape index (κ2) is 35.7. The highest BCUT2D eigenvalue weighted by Crippen LogP contribution is 2.69. The number of hydrogen-bond donors (Lipinski definition) is 4. The van der Waals surface area contributed by atoms with Crippen molar-refractivity contribution >= 4 is 50.7 Å². The molecule has 3 aromatic rings. The van der Waals surface area contributed by atoms with Crippen LogP contribution in [0.5, 0.6) is 0 Å². The minimum atomic E-state index is -4.64. The van der Waals surface area contributed by atoms with Gasteiger partial charge in [0, 0.05) is 99.6 Å². The molecule has 7 rings (SSSR count). The van der Waals surface area contributed by atoms with Crippen LogP contribution in [0.15, 0.2) is 69.5 Å². The number of anilines is 1. The molecule has 5 unspecified atom stereocenters. The molecule has 1 aromatic carbocycles. The third kappa shape index (κ3) is 18.9. The molecule has 4 aliphatic carbocycles. The van der Waals surface area contributed by atoms with Gasteiger partial charge in [-0.1, -0.05) is 72.0 Å². The standard InChI is InChI=1S/C72H115N7O10S/c1-8-12-13-14-15-19-40-78(41-20-24-53(5)60-30-31-61-69-62(50-66(72(60,61)7)88-45-23-37-75)71(6)34-32-59(86-43-21-35-73)47-57(71)48-64(69)87-44-22-36-74)68(81)52-79(38-9-2)67(80)25-17-16-18-39-76-42-33-54(65(51-76)90(83,84)85)26-27-56-46-55-28-29-58(77(10-3)11-4)49-63(55)89-70(56)82/h9,26-29,33,42,46,49,51,53,57,59-62,64,66,69H,2,8,10-25,30-32,34-41,43-45,47-48,50,52,73-75H2,1,3-7H3/p+1/t53-,57?,59-,60?,61+,62+,64-,66+,69?,71?,72?/m1/s1. The van der Waals surface area contributed by atoms with Gasteiger partial charge in [0.15, 0.2) is 17.3 Å². The Morgan fingerprint density at radius 1 is 0.789 bits per heavy atom. The molecule has 4 fully saturated rings. The minimum absolute atomic E-state index is 0.00212. The van der Waals surface area contributed by atoms with Crippen LogP contribution in [0.4, 0.5) is 5.69 Å². The lowest BCUT2D eigenvalue weighted by Gasteiger charge is -2.65. The number of benzene rings is 1. The fourth-order valence-electron chi connectivity index (χ4n) is 16.6. The number of fused-ring (bicyclic) bond motifs is 6. The zero-order chi connectivity index (χ0) is 64.8. The lowest BCUT2D eigenvalue weighted by molar-refractivity contribution is -0.699. The summed E-state index contributed by atoms with van der Waals surface area (Å²) in [4.78, 5) is 47.1. The Labute approximate surface area is 540 Å². The quantitative estimate of drug-likeness (QED) is 0.0136. The van der Waals surface area contributed by atoms with E-state index in [0.29, 0.717) is 113 Å². The molecule has 0 radical (unpaired) electrons. The number of unbranched alkanes of at least 4 members (excludes halogenated alkanes) is 7. The molecule has 4 aliphatic rings. The van der Waals surface area contributed by atoms with Gasteiger partial charge >= 0.3 is 15.7 Å². The largest absolute Gasteiger partial charge is 0.422 e. The fourth-order valence-corrected chi connectivity index (χ4v) is 17.3. The molecule has 90 heavy (non-hydrogen) atoms. The second-order valence-electron chi connectivity index (χ2n) is 27.3. The molecule has 11 atom stereocenters. The Balaban J connectivity index is 0.963. The topological polar surface area (TPSA) is 238 Å². The normalized spacial score (nSPS) is 25.2. The summed E-state index contributed by atoms with van der Waals surface area (Å²) in [5, 5.41) is 0.724. The van der Waals surface area contributed by atoms with Gasteiger partial charge in [0.2, 0.25) is 11.8 Å². The number of amides is 2. The molecular weight excluding hydrogens is 1150 g/mol. The molecule has 2 amide bonds. The zero-order valence-corrected chi connectivity index (χ0v) is 56.8. The summed E-state index contributed by atoms with van der Waals surface area (Å²) in [7, 11) is -4.64. The fraction of sp³-hybridized carbons (Fsp3) is 0.722. The van der Waals surface area contributed by atoms with E-state index in [1.807, 2.05) is 23.1 Å². The van der Waals surface area contributed by atoms with Gasteiger partial charge in [-0.05, 0) is 195 Å². The Morgan fingerprint density at radius 2 is 1.48 bits per heavy atom. The highest BCUT2D eigenvalue weighted by atomic mass is 32.2.